The number of methoxy groups -OCH3 is 1. The van der Waals surface area contributed by atoms with Crippen LogP contribution >= 0.6 is 0 Å². The van der Waals surface area contributed by atoms with Gasteiger partial charge in [-0.05, 0) is 63.4 Å². The highest BCUT2D eigenvalue weighted by Gasteiger charge is 2.68. The van der Waals surface area contributed by atoms with Crippen LogP contribution in [0.25, 0.3) is 5.76 Å². The van der Waals surface area contributed by atoms with Crippen molar-refractivity contribution < 1.29 is 49.4 Å². The molecule has 0 aliphatic heterocycles. The lowest BCUT2D eigenvalue weighted by Crippen LogP contribution is -2.70. The summed E-state index contributed by atoms with van der Waals surface area (Å²) in [5, 5.41) is 57.9. The van der Waals surface area contributed by atoms with Crippen LogP contribution in [0.2, 0.25) is 0 Å². The number of ether oxygens (including phenoxy) is 1. The highest BCUT2D eigenvalue weighted by molar-refractivity contribution is 6.24. The Balaban J connectivity index is 1.70. The number of rotatable bonds is 7. The first-order chi connectivity index (χ1) is 21.5. The minimum atomic E-state index is -3.03. The molecule has 6 unspecified atom stereocenters. The van der Waals surface area contributed by atoms with E-state index in [2.05, 4.69) is 0 Å². The Hall–Kier alpha value is -4.56. The van der Waals surface area contributed by atoms with Gasteiger partial charge in [0, 0.05) is 11.5 Å². The summed E-state index contributed by atoms with van der Waals surface area (Å²) >= 11 is 0. The maximum absolute atomic E-state index is 14.2. The molecular formula is C33H37N3O10. The van der Waals surface area contributed by atoms with Crippen LogP contribution in [0.4, 0.5) is 0 Å². The molecule has 1 saturated carbocycles. The number of nitrogens with two attached hydrogens (primary N) is 1. The third kappa shape index (κ3) is 4.45. The number of phenols is 1. The second-order valence-corrected chi connectivity index (χ2v) is 12.5. The third-order valence-corrected chi connectivity index (χ3v) is 9.59. The van der Waals surface area contributed by atoms with Crippen molar-refractivity contribution in [2.45, 2.75) is 36.6 Å². The number of amides is 1. The smallest absolute Gasteiger partial charge is 0.255 e. The number of ketones is 3. The number of hydrogen-bond donors (Lipinski definition) is 6. The Morgan fingerprint density at radius 1 is 1.00 bits per heavy atom. The fourth-order valence-corrected chi connectivity index (χ4v) is 7.43. The molecule has 5 rings (SSSR count). The number of hydrogen-bond acceptors (Lipinski definition) is 12. The molecule has 0 spiro atoms. The van der Waals surface area contributed by atoms with Gasteiger partial charge in [0.1, 0.15) is 28.6 Å². The molecule has 1 amide bonds. The Kier molecular flexibility index (Phi) is 8.10. The van der Waals surface area contributed by atoms with E-state index in [9.17, 15) is 44.7 Å². The van der Waals surface area contributed by atoms with Gasteiger partial charge in [0.2, 0.25) is 5.78 Å². The molecular weight excluding hydrogens is 598 g/mol. The van der Waals surface area contributed by atoms with Gasteiger partial charge in [-0.3, -0.25) is 29.0 Å². The average Bonchev–Trinajstić information content (AvgIpc) is 2.98. The summed E-state index contributed by atoms with van der Waals surface area (Å²) in [6.45, 7) is 1.62. The van der Waals surface area contributed by atoms with Crippen molar-refractivity contribution >= 4 is 29.0 Å². The largest absolute Gasteiger partial charge is 0.508 e. The van der Waals surface area contributed by atoms with Gasteiger partial charge in [0.25, 0.3) is 5.91 Å². The summed E-state index contributed by atoms with van der Waals surface area (Å²) in [6, 6.07) is 7.39. The van der Waals surface area contributed by atoms with E-state index in [1.54, 1.807) is 50.2 Å². The standard InChI is InChI=1S/C33H37N3O10/c1-13-16-11-12-17(26(38)23(35(2)3)14-7-9-15(46-6)10-8-14)25(37)19(16)27(39)20-18(13)28(40)22-24(36(4)5)29(41)21(32(34)44)31(43)33(22,45)30(20)42/h7-13,18,22-24,28,37,39-40,43,45H,1-6H3,(H2,34,44)/t13?,18?,22?,23?,24-,28?,33?/m0/s1. The van der Waals surface area contributed by atoms with E-state index in [0.29, 0.717) is 16.9 Å². The minimum absolute atomic E-state index is 0.166. The van der Waals surface area contributed by atoms with Crippen molar-refractivity contribution in [3.05, 3.63) is 75.6 Å². The lowest BCUT2D eigenvalue weighted by atomic mass is 9.54. The zero-order chi connectivity index (χ0) is 34.2. The number of benzene rings is 2. The number of phenolic OH excluding ortho intramolecular Hbond substituents is 1. The Morgan fingerprint density at radius 2 is 1.61 bits per heavy atom. The minimum Gasteiger partial charge on any atom is -0.508 e. The predicted molar refractivity (Wildman–Crippen MR) is 164 cm³/mol. The predicted octanol–water partition coefficient (Wildman–Crippen LogP) is 0.990. The number of Topliss-reactive ketones (excluding diaryl/α,β-unsaturated/α-hetero) is 3. The summed E-state index contributed by atoms with van der Waals surface area (Å²) in [5.74, 6) is -10.0. The number of carbonyl (C=O) groups excluding carboxylic acids is 4. The molecule has 46 heavy (non-hydrogen) atoms. The number of primary amides is 1. The van der Waals surface area contributed by atoms with E-state index >= 15 is 0 Å². The normalized spacial score (nSPS) is 28.2. The van der Waals surface area contributed by atoms with Gasteiger partial charge in [-0.1, -0.05) is 25.1 Å². The molecule has 7 N–H and O–H groups in total. The third-order valence-electron chi connectivity index (χ3n) is 9.59. The van der Waals surface area contributed by atoms with Crippen molar-refractivity contribution in [3.8, 4) is 11.5 Å². The van der Waals surface area contributed by atoms with Gasteiger partial charge in [-0.2, -0.15) is 0 Å². The first-order valence-corrected chi connectivity index (χ1v) is 14.6. The van der Waals surface area contributed by atoms with Crippen molar-refractivity contribution in [2.75, 3.05) is 35.3 Å². The van der Waals surface area contributed by atoms with E-state index < -0.39 is 93.2 Å². The molecule has 13 heteroatoms. The van der Waals surface area contributed by atoms with Crippen LogP contribution < -0.4 is 10.5 Å². The zero-order valence-electron chi connectivity index (χ0n) is 26.2. The van der Waals surface area contributed by atoms with Crippen molar-refractivity contribution in [2.24, 2.45) is 17.6 Å². The van der Waals surface area contributed by atoms with Gasteiger partial charge >= 0.3 is 0 Å². The number of fused-ring (bicyclic) bond motifs is 3. The number of nitrogens with zero attached hydrogens (tertiary/aromatic N) is 2. The summed E-state index contributed by atoms with van der Waals surface area (Å²) in [4.78, 5) is 56.7. The molecule has 2 aromatic carbocycles. The molecule has 7 atom stereocenters. The van der Waals surface area contributed by atoms with Crippen LogP contribution in [0.15, 0.2) is 53.3 Å². The maximum Gasteiger partial charge on any atom is 0.255 e. The summed E-state index contributed by atoms with van der Waals surface area (Å²) in [6.07, 6.45) is -1.72. The Bertz CT molecular complexity index is 1730. The second kappa shape index (κ2) is 11.4. The van der Waals surface area contributed by atoms with Crippen LogP contribution in [-0.2, 0) is 14.4 Å². The van der Waals surface area contributed by atoms with E-state index in [1.807, 2.05) is 0 Å². The molecule has 244 valence electrons. The molecule has 0 bridgehead atoms. The average molecular weight is 636 g/mol. The van der Waals surface area contributed by atoms with Crippen LogP contribution in [-0.4, -0.2) is 112 Å². The molecule has 13 nitrogen and oxygen atoms in total. The molecule has 0 radical (unpaired) electrons. The van der Waals surface area contributed by atoms with Gasteiger partial charge in [-0.25, -0.2) is 0 Å². The summed E-state index contributed by atoms with van der Waals surface area (Å²) in [5.41, 5.74) is 1.27. The van der Waals surface area contributed by atoms with Crippen molar-refractivity contribution in [1.29, 1.82) is 0 Å². The molecule has 3 aliphatic carbocycles. The monoisotopic (exact) mass is 635 g/mol. The molecule has 0 heterocycles. The molecule has 0 aromatic heterocycles. The van der Waals surface area contributed by atoms with Crippen molar-refractivity contribution in [1.82, 2.24) is 9.80 Å². The fraction of sp³-hybridized carbons (Fsp3) is 0.394. The number of aromatic hydroxyl groups is 1. The van der Waals surface area contributed by atoms with Crippen LogP contribution in [0.5, 0.6) is 11.5 Å². The summed E-state index contributed by atoms with van der Waals surface area (Å²) < 4.78 is 5.21. The Labute approximate surface area is 264 Å². The first-order valence-electron chi connectivity index (χ1n) is 14.6. The zero-order valence-corrected chi connectivity index (χ0v) is 26.2. The van der Waals surface area contributed by atoms with E-state index in [4.69, 9.17) is 10.5 Å². The van der Waals surface area contributed by atoms with Crippen molar-refractivity contribution in [3.63, 3.8) is 0 Å². The van der Waals surface area contributed by atoms with Gasteiger partial charge in [0.05, 0.1) is 42.3 Å². The number of carbonyl (C=O) groups is 4. The maximum atomic E-state index is 14.2. The van der Waals surface area contributed by atoms with E-state index in [-0.39, 0.29) is 11.1 Å². The van der Waals surface area contributed by atoms with Gasteiger partial charge in [0.15, 0.2) is 17.2 Å². The summed E-state index contributed by atoms with van der Waals surface area (Å²) in [7, 11) is 7.76. The van der Waals surface area contributed by atoms with E-state index in [1.165, 1.54) is 38.2 Å². The van der Waals surface area contributed by atoms with Crippen LogP contribution in [0.1, 0.15) is 45.9 Å². The Morgan fingerprint density at radius 3 is 2.13 bits per heavy atom. The molecule has 0 saturated heterocycles. The highest BCUT2D eigenvalue weighted by Crippen LogP contribution is 2.56. The van der Waals surface area contributed by atoms with Gasteiger partial charge < -0.3 is 36.0 Å². The number of aliphatic hydroxyl groups is 4. The quantitative estimate of drug-likeness (QED) is 0.186. The van der Waals surface area contributed by atoms with E-state index in [0.717, 1.165) is 0 Å². The molecule has 1 fully saturated rings. The highest BCUT2D eigenvalue weighted by atomic mass is 16.5. The van der Waals surface area contributed by atoms with Crippen LogP contribution in [0.3, 0.4) is 0 Å². The van der Waals surface area contributed by atoms with Crippen LogP contribution in [0, 0.1) is 11.8 Å². The van der Waals surface area contributed by atoms with Gasteiger partial charge in [-0.15, -0.1) is 0 Å². The topological polar surface area (TPSA) is 211 Å². The first kappa shape index (κ1) is 32.8. The fourth-order valence-electron chi connectivity index (χ4n) is 7.43. The molecule has 3 aliphatic rings. The lowest BCUT2D eigenvalue weighted by molar-refractivity contribution is -0.169. The SMILES string of the molecule is COc1ccc(C(C(=O)c2ccc3c(c2O)C(O)=C2C(=O)C4(O)C(O)=C(C(N)=O)C(=O)[C@@H](N(C)C)C4C(O)C2C3C)N(C)C)cc1. The number of aliphatic hydroxyl groups excluding tert-OH is 3. The molecule has 2 aromatic rings. The number of likely N-dealkylation sites (N-methyl/N-ethyl adjacent to an activating group) is 2. The second-order valence-electron chi connectivity index (χ2n) is 12.5. The lowest BCUT2D eigenvalue weighted by Gasteiger charge is -2.53.